The standard InChI is InChI=1S/C9H18NP/c1-9(2,3)11(10)7-5-4-6-8-11/h4-5,10H,6-8H2,1-3H3. The van der Waals surface area contributed by atoms with Crippen molar-refractivity contribution in [3.63, 3.8) is 0 Å². The summed E-state index contributed by atoms with van der Waals surface area (Å²) in [4.78, 5) is 0. The average Bonchev–Trinajstić information content (AvgIpc) is 1.87. The second-order valence-corrected chi connectivity index (χ2v) is 8.39. The lowest BCUT2D eigenvalue weighted by molar-refractivity contribution is 0.765. The minimum Gasteiger partial charge on any atom is -0.318 e. The summed E-state index contributed by atoms with van der Waals surface area (Å²) < 4.78 is 0. The quantitative estimate of drug-likeness (QED) is 0.426. The fourth-order valence-electron chi connectivity index (χ4n) is 1.37. The Bertz CT molecular complexity index is 210. The molecule has 11 heavy (non-hydrogen) atoms. The van der Waals surface area contributed by atoms with Gasteiger partial charge in [0.2, 0.25) is 0 Å². The molecule has 1 N–H and O–H groups in total. The third kappa shape index (κ3) is 1.76. The molecule has 1 nitrogen and oxygen atoms in total. The molecule has 0 aromatic carbocycles. The van der Waals surface area contributed by atoms with Crippen LogP contribution in [0.1, 0.15) is 27.2 Å². The van der Waals surface area contributed by atoms with E-state index in [1.807, 2.05) is 0 Å². The van der Waals surface area contributed by atoms with Crippen LogP contribution in [-0.2, 0) is 0 Å². The fourth-order valence-corrected chi connectivity index (χ4v) is 3.87. The molecule has 0 aromatic rings. The highest BCUT2D eigenvalue weighted by Gasteiger charge is 2.30. The van der Waals surface area contributed by atoms with Crippen molar-refractivity contribution in [3.05, 3.63) is 12.2 Å². The SMILES string of the molecule is CC(C)(C)P1(=N)CC=CCC1. The Kier molecular flexibility index (Phi) is 2.29. The number of hydrogen-bond acceptors (Lipinski definition) is 1. The predicted molar refractivity (Wildman–Crippen MR) is 52.9 cm³/mol. The number of allylic oxidation sites excluding steroid dienone is 2. The largest absolute Gasteiger partial charge is 0.318 e. The third-order valence-electron chi connectivity index (χ3n) is 2.55. The summed E-state index contributed by atoms with van der Waals surface area (Å²) in [5.74, 6) is 0. The van der Waals surface area contributed by atoms with Crippen molar-refractivity contribution in [1.82, 2.24) is 0 Å². The van der Waals surface area contributed by atoms with Crippen molar-refractivity contribution in [2.45, 2.75) is 32.3 Å². The van der Waals surface area contributed by atoms with E-state index in [9.17, 15) is 0 Å². The molecule has 0 saturated carbocycles. The van der Waals surface area contributed by atoms with Gasteiger partial charge in [0.1, 0.15) is 0 Å². The smallest absolute Gasteiger partial charge is 0.000714 e. The van der Waals surface area contributed by atoms with Gasteiger partial charge in [-0.2, -0.15) is 0 Å². The molecule has 1 unspecified atom stereocenters. The Morgan fingerprint density at radius 2 is 1.91 bits per heavy atom. The predicted octanol–water partition coefficient (Wildman–Crippen LogP) is 3.52. The highest BCUT2D eigenvalue weighted by molar-refractivity contribution is 7.66. The molecule has 0 radical (unpaired) electrons. The second kappa shape index (κ2) is 2.79. The lowest BCUT2D eigenvalue weighted by atomic mass is 10.3. The van der Waals surface area contributed by atoms with E-state index in [1.54, 1.807) is 0 Å². The number of rotatable bonds is 0. The van der Waals surface area contributed by atoms with Gasteiger partial charge in [0.25, 0.3) is 0 Å². The molecule has 1 heterocycles. The summed E-state index contributed by atoms with van der Waals surface area (Å²) in [6.07, 6.45) is 7.73. The maximum Gasteiger partial charge on any atom is 0.000714 e. The van der Waals surface area contributed by atoms with Crippen LogP contribution >= 0.6 is 7.05 Å². The summed E-state index contributed by atoms with van der Waals surface area (Å²) >= 11 is 0. The van der Waals surface area contributed by atoms with E-state index < -0.39 is 7.05 Å². The molecule has 0 spiro atoms. The van der Waals surface area contributed by atoms with Crippen LogP contribution in [0.5, 0.6) is 0 Å². The van der Waals surface area contributed by atoms with Crippen LogP contribution < -0.4 is 0 Å². The molecule has 0 saturated heterocycles. The Morgan fingerprint density at radius 1 is 1.27 bits per heavy atom. The molecule has 0 amide bonds. The van der Waals surface area contributed by atoms with Crippen molar-refractivity contribution >= 4 is 7.05 Å². The minimum absolute atomic E-state index is 0.234. The summed E-state index contributed by atoms with van der Waals surface area (Å²) in [6.45, 7) is 6.65. The van der Waals surface area contributed by atoms with Crippen molar-refractivity contribution in [3.8, 4) is 0 Å². The zero-order valence-corrected chi connectivity index (χ0v) is 8.62. The molecule has 0 aromatic heterocycles. The Hall–Kier alpha value is -0.0300. The van der Waals surface area contributed by atoms with Crippen molar-refractivity contribution in [2.75, 3.05) is 12.3 Å². The average molecular weight is 171 g/mol. The van der Waals surface area contributed by atoms with Crippen LogP contribution in [0.4, 0.5) is 0 Å². The van der Waals surface area contributed by atoms with E-state index in [4.69, 9.17) is 5.16 Å². The number of nitrogens with one attached hydrogen (secondary N) is 1. The zero-order chi connectivity index (χ0) is 8.54. The molecule has 0 aliphatic carbocycles. The lowest BCUT2D eigenvalue weighted by Crippen LogP contribution is -2.19. The minimum atomic E-state index is -1.38. The van der Waals surface area contributed by atoms with Crippen LogP contribution in [0.2, 0.25) is 0 Å². The maximum absolute atomic E-state index is 8.33. The molecule has 1 aliphatic heterocycles. The van der Waals surface area contributed by atoms with Gasteiger partial charge in [-0.1, -0.05) is 32.9 Å². The maximum atomic E-state index is 8.33. The van der Waals surface area contributed by atoms with Gasteiger partial charge in [0.05, 0.1) is 0 Å². The summed E-state index contributed by atoms with van der Waals surface area (Å²) in [6, 6.07) is 0. The van der Waals surface area contributed by atoms with Crippen molar-refractivity contribution in [2.24, 2.45) is 0 Å². The molecule has 64 valence electrons. The van der Waals surface area contributed by atoms with Gasteiger partial charge >= 0.3 is 0 Å². The third-order valence-corrected chi connectivity index (χ3v) is 6.97. The van der Waals surface area contributed by atoms with Gasteiger partial charge in [-0.15, -0.1) is 0 Å². The van der Waals surface area contributed by atoms with Gasteiger partial charge in [-0.3, -0.25) is 0 Å². The molecule has 1 rings (SSSR count). The molecule has 0 bridgehead atoms. The van der Waals surface area contributed by atoms with Gasteiger partial charge < -0.3 is 5.16 Å². The van der Waals surface area contributed by atoms with Crippen LogP contribution in [0, 0.1) is 5.16 Å². The lowest BCUT2D eigenvalue weighted by Gasteiger charge is -2.36. The van der Waals surface area contributed by atoms with Crippen LogP contribution in [0.25, 0.3) is 0 Å². The van der Waals surface area contributed by atoms with Crippen molar-refractivity contribution in [1.29, 1.82) is 5.16 Å². The van der Waals surface area contributed by atoms with E-state index in [2.05, 4.69) is 32.9 Å². The molecule has 1 aliphatic rings. The normalized spacial score (nSPS) is 32.3. The highest BCUT2D eigenvalue weighted by Crippen LogP contribution is 2.59. The van der Waals surface area contributed by atoms with E-state index >= 15 is 0 Å². The first-order valence-electron chi connectivity index (χ1n) is 4.23. The molecular formula is C9H18NP. The monoisotopic (exact) mass is 171 g/mol. The van der Waals surface area contributed by atoms with E-state index in [-0.39, 0.29) is 5.16 Å². The van der Waals surface area contributed by atoms with Crippen LogP contribution in [0.3, 0.4) is 0 Å². The second-order valence-electron chi connectivity index (χ2n) is 4.30. The number of hydrogen-bond donors (Lipinski definition) is 1. The first-order chi connectivity index (χ1) is 4.96. The van der Waals surface area contributed by atoms with E-state index in [0.717, 1.165) is 18.7 Å². The topological polar surface area (TPSA) is 23.9 Å². The highest BCUT2D eigenvalue weighted by atomic mass is 31.2. The first kappa shape index (κ1) is 9.06. The zero-order valence-electron chi connectivity index (χ0n) is 7.72. The van der Waals surface area contributed by atoms with Gasteiger partial charge in [0, 0.05) is 6.16 Å². The van der Waals surface area contributed by atoms with Crippen LogP contribution in [0.15, 0.2) is 12.2 Å². The Labute approximate surface area is 69.7 Å². The molecule has 2 heteroatoms. The van der Waals surface area contributed by atoms with E-state index in [1.165, 1.54) is 0 Å². The van der Waals surface area contributed by atoms with Gasteiger partial charge in [-0.05, 0) is 24.8 Å². The Morgan fingerprint density at radius 3 is 2.18 bits per heavy atom. The molecule has 0 fully saturated rings. The summed E-state index contributed by atoms with van der Waals surface area (Å²) in [5.41, 5.74) is 0. The molecular weight excluding hydrogens is 153 g/mol. The van der Waals surface area contributed by atoms with Crippen LogP contribution in [-0.4, -0.2) is 17.5 Å². The fraction of sp³-hybridized carbons (Fsp3) is 0.778. The molecule has 1 atom stereocenters. The van der Waals surface area contributed by atoms with Crippen molar-refractivity contribution < 1.29 is 0 Å². The van der Waals surface area contributed by atoms with Gasteiger partial charge in [-0.25, -0.2) is 0 Å². The van der Waals surface area contributed by atoms with Gasteiger partial charge in [0.15, 0.2) is 0 Å². The first-order valence-corrected chi connectivity index (χ1v) is 6.39. The summed E-state index contributed by atoms with van der Waals surface area (Å²) in [5, 5.41) is 8.57. The summed E-state index contributed by atoms with van der Waals surface area (Å²) in [7, 11) is -1.38. The van der Waals surface area contributed by atoms with E-state index in [0.29, 0.717) is 0 Å². The Balaban J connectivity index is 2.84.